The third-order valence-corrected chi connectivity index (χ3v) is 3.32. The summed E-state index contributed by atoms with van der Waals surface area (Å²) in [5.74, 6) is 0.847. The van der Waals surface area contributed by atoms with E-state index in [0.29, 0.717) is 0 Å². The lowest BCUT2D eigenvalue weighted by atomic mass is 9.98. The minimum absolute atomic E-state index is 0.0656. The Morgan fingerprint density at radius 2 is 1.75 bits per heavy atom. The topological polar surface area (TPSA) is 29.5 Å². The van der Waals surface area contributed by atoms with Crippen LogP contribution in [0.1, 0.15) is 17.5 Å². The Morgan fingerprint density at radius 1 is 1.05 bits per heavy atom. The zero-order chi connectivity index (χ0) is 14.2. The van der Waals surface area contributed by atoms with Gasteiger partial charge in [0.2, 0.25) is 0 Å². The molecular weight excluding hydrogens is 248 g/mol. The number of aliphatic hydroxyl groups is 1. The normalized spacial score (nSPS) is 11.4. The Labute approximate surface area is 120 Å². The van der Waals surface area contributed by atoms with Crippen LogP contribution in [0, 0.1) is 0 Å². The molecule has 0 bridgehead atoms. The van der Waals surface area contributed by atoms with Crippen LogP contribution in [0.3, 0.4) is 0 Å². The van der Waals surface area contributed by atoms with Crippen molar-refractivity contribution < 1.29 is 9.84 Å². The zero-order valence-corrected chi connectivity index (χ0v) is 11.8. The summed E-state index contributed by atoms with van der Waals surface area (Å²) < 4.78 is 5.17. The van der Waals surface area contributed by atoms with Gasteiger partial charge in [-0.2, -0.15) is 0 Å². The third-order valence-electron chi connectivity index (χ3n) is 3.32. The molecule has 0 aliphatic rings. The number of rotatable bonds is 6. The lowest BCUT2D eigenvalue weighted by molar-refractivity contribution is 0.343. The van der Waals surface area contributed by atoms with Gasteiger partial charge < -0.3 is 9.84 Å². The predicted molar refractivity (Wildman–Crippen MR) is 82.8 cm³/mol. The molecule has 1 N–H and O–H groups in total. The highest BCUT2D eigenvalue weighted by molar-refractivity contribution is 5.66. The average molecular weight is 268 g/mol. The second-order valence-corrected chi connectivity index (χ2v) is 4.63. The van der Waals surface area contributed by atoms with Crippen molar-refractivity contribution in [3.63, 3.8) is 0 Å². The Hall–Kier alpha value is -2.06. The van der Waals surface area contributed by atoms with Crippen molar-refractivity contribution in [2.45, 2.75) is 12.8 Å². The van der Waals surface area contributed by atoms with Gasteiger partial charge in [-0.25, -0.2) is 0 Å². The summed E-state index contributed by atoms with van der Waals surface area (Å²) in [7, 11) is 1.66. The van der Waals surface area contributed by atoms with Crippen LogP contribution in [-0.2, 0) is 6.42 Å². The fourth-order valence-electron chi connectivity index (χ4n) is 2.20. The molecule has 0 aliphatic carbocycles. The van der Waals surface area contributed by atoms with Crippen LogP contribution in [0.2, 0.25) is 0 Å². The van der Waals surface area contributed by atoms with E-state index in [9.17, 15) is 5.11 Å². The molecule has 2 aromatic carbocycles. The van der Waals surface area contributed by atoms with Crippen LogP contribution in [0.25, 0.3) is 5.57 Å². The van der Waals surface area contributed by atoms with E-state index in [4.69, 9.17) is 4.74 Å². The molecule has 0 radical (unpaired) electrons. The first-order valence-electron chi connectivity index (χ1n) is 6.81. The summed E-state index contributed by atoms with van der Waals surface area (Å²) in [6.07, 6.45) is 3.76. The van der Waals surface area contributed by atoms with Gasteiger partial charge in [0.15, 0.2) is 0 Å². The molecule has 104 valence electrons. The number of ether oxygens (including phenoxy) is 1. The number of hydrogen-bond donors (Lipinski definition) is 1. The highest BCUT2D eigenvalue weighted by Crippen LogP contribution is 2.23. The molecule has 0 spiro atoms. The van der Waals surface area contributed by atoms with Gasteiger partial charge in [0, 0.05) is 0 Å². The number of hydrogen-bond acceptors (Lipinski definition) is 2. The minimum Gasteiger partial charge on any atom is -0.497 e. The van der Waals surface area contributed by atoms with Crippen LogP contribution < -0.4 is 4.74 Å². The Bertz CT molecular complexity index is 541. The first-order chi connectivity index (χ1) is 9.83. The van der Waals surface area contributed by atoms with E-state index in [1.807, 2.05) is 36.4 Å². The smallest absolute Gasteiger partial charge is 0.118 e. The molecule has 0 amide bonds. The molecule has 2 heteroatoms. The second kappa shape index (κ2) is 7.51. The fourth-order valence-corrected chi connectivity index (χ4v) is 2.20. The van der Waals surface area contributed by atoms with Crippen LogP contribution >= 0.6 is 0 Å². The average Bonchev–Trinajstić information content (AvgIpc) is 2.52. The van der Waals surface area contributed by atoms with Crippen LogP contribution in [-0.4, -0.2) is 18.8 Å². The van der Waals surface area contributed by atoms with Crippen molar-refractivity contribution in [2.24, 2.45) is 0 Å². The largest absolute Gasteiger partial charge is 0.497 e. The highest BCUT2D eigenvalue weighted by atomic mass is 16.5. The maximum atomic E-state index is 9.19. The summed E-state index contributed by atoms with van der Waals surface area (Å²) in [5.41, 5.74) is 3.61. The van der Waals surface area contributed by atoms with Crippen molar-refractivity contribution >= 4 is 5.57 Å². The summed E-state index contributed by atoms with van der Waals surface area (Å²) in [6.45, 7) is 0.0656. The zero-order valence-electron chi connectivity index (χ0n) is 11.8. The lowest BCUT2D eigenvalue weighted by Gasteiger charge is -2.09. The first-order valence-corrected chi connectivity index (χ1v) is 6.81. The van der Waals surface area contributed by atoms with Crippen molar-refractivity contribution in [3.05, 3.63) is 71.8 Å². The molecule has 2 nitrogen and oxygen atoms in total. The number of aliphatic hydroxyl groups excluding tert-OH is 1. The van der Waals surface area contributed by atoms with Crippen LogP contribution in [0.5, 0.6) is 5.75 Å². The molecule has 0 aliphatic heterocycles. The number of methoxy groups -OCH3 is 1. The van der Waals surface area contributed by atoms with Gasteiger partial charge in [-0.15, -0.1) is 0 Å². The van der Waals surface area contributed by atoms with Crippen molar-refractivity contribution in [1.82, 2.24) is 0 Å². The quantitative estimate of drug-likeness (QED) is 0.865. The molecule has 20 heavy (non-hydrogen) atoms. The van der Waals surface area contributed by atoms with E-state index in [-0.39, 0.29) is 6.61 Å². The minimum atomic E-state index is 0.0656. The Morgan fingerprint density at radius 3 is 2.35 bits per heavy atom. The summed E-state index contributed by atoms with van der Waals surface area (Å²) in [5, 5.41) is 9.19. The molecule has 0 unspecified atom stereocenters. The number of benzene rings is 2. The van der Waals surface area contributed by atoms with E-state index < -0.39 is 0 Å². The third kappa shape index (κ3) is 3.97. The van der Waals surface area contributed by atoms with Gasteiger partial charge in [-0.05, 0) is 41.7 Å². The Balaban J connectivity index is 2.08. The van der Waals surface area contributed by atoms with Crippen LogP contribution in [0.15, 0.2) is 60.7 Å². The highest BCUT2D eigenvalue weighted by Gasteiger charge is 2.03. The summed E-state index contributed by atoms with van der Waals surface area (Å²) in [4.78, 5) is 0. The standard InChI is InChI=1S/C18H20O2/c1-20-18-11-9-16(10-12-18)17(13-14-19)8-7-15-5-3-2-4-6-15/h2-6,9-13,19H,7-8,14H2,1H3/b17-13-. The van der Waals surface area contributed by atoms with Crippen LogP contribution in [0.4, 0.5) is 0 Å². The van der Waals surface area contributed by atoms with E-state index >= 15 is 0 Å². The second-order valence-electron chi connectivity index (χ2n) is 4.63. The maximum absolute atomic E-state index is 9.19. The molecule has 0 saturated heterocycles. The van der Waals surface area contributed by atoms with Gasteiger partial charge in [0.05, 0.1) is 13.7 Å². The van der Waals surface area contributed by atoms with Gasteiger partial charge in [-0.1, -0.05) is 48.5 Å². The molecule has 0 saturated carbocycles. The molecule has 0 heterocycles. The van der Waals surface area contributed by atoms with Gasteiger partial charge in [0.25, 0.3) is 0 Å². The predicted octanol–water partition coefficient (Wildman–Crippen LogP) is 3.70. The first kappa shape index (κ1) is 14.4. The van der Waals surface area contributed by atoms with E-state index in [2.05, 4.69) is 24.3 Å². The fraction of sp³-hybridized carbons (Fsp3) is 0.222. The lowest BCUT2D eigenvalue weighted by Crippen LogP contribution is -1.92. The van der Waals surface area contributed by atoms with Gasteiger partial charge in [-0.3, -0.25) is 0 Å². The number of aryl methyl sites for hydroxylation is 1. The monoisotopic (exact) mass is 268 g/mol. The Kier molecular flexibility index (Phi) is 5.39. The molecule has 2 rings (SSSR count). The SMILES string of the molecule is COc1ccc(/C(=C\CO)CCc2ccccc2)cc1. The maximum Gasteiger partial charge on any atom is 0.118 e. The van der Waals surface area contributed by atoms with Crippen molar-refractivity contribution in [1.29, 1.82) is 0 Å². The molecule has 0 atom stereocenters. The molecule has 0 aromatic heterocycles. The molecular formula is C18H20O2. The summed E-state index contributed by atoms with van der Waals surface area (Å²) >= 11 is 0. The van der Waals surface area contributed by atoms with Crippen molar-refractivity contribution in [2.75, 3.05) is 13.7 Å². The molecule has 2 aromatic rings. The van der Waals surface area contributed by atoms with Gasteiger partial charge >= 0.3 is 0 Å². The summed E-state index contributed by atoms with van der Waals surface area (Å²) in [6, 6.07) is 18.4. The van der Waals surface area contributed by atoms with Gasteiger partial charge in [0.1, 0.15) is 5.75 Å². The number of allylic oxidation sites excluding steroid dienone is 1. The molecule has 0 fully saturated rings. The van der Waals surface area contributed by atoms with E-state index in [1.54, 1.807) is 7.11 Å². The van der Waals surface area contributed by atoms with E-state index in [0.717, 1.165) is 24.2 Å². The van der Waals surface area contributed by atoms with Crippen molar-refractivity contribution in [3.8, 4) is 5.75 Å². The van der Waals surface area contributed by atoms with E-state index in [1.165, 1.54) is 11.1 Å².